The van der Waals surface area contributed by atoms with Crippen molar-refractivity contribution in [3.8, 4) is 5.75 Å². The van der Waals surface area contributed by atoms with Crippen LogP contribution in [0.1, 0.15) is 18.2 Å². The molecule has 1 aliphatic heterocycles. The van der Waals surface area contributed by atoms with Crippen molar-refractivity contribution >= 4 is 49.9 Å². The Bertz CT molecular complexity index is 1260. The maximum absolute atomic E-state index is 12.8. The van der Waals surface area contributed by atoms with Gasteiger partial charge in [-0.15, -0.1) is 11.3 Å². The second-order valence-electron chi connectivity index (χ2n) is 7.32. The average molecular weight is 542 g/mol. The van der Waals surface area contributed by atoms with E-state index in [4.69, 9.17) is 35.8 Å². The van der Waals surface area contributed by atoms with Gasteiger partial charge in [-0.3, -0.25) is 24.4 Å². The first-order chi connectivity index (χ1) is 17.0. The van der Waals surface area contributed by atoms with Crippen molar-refractivity contribution in [1.29, 1.82) is 5.41 Å². The van der Waals surface area contributed by atoms with Crippen molar-refractivity contribution in [1.82, 2.24) is 15.4 Å². The molecule has 0 saturated carbocycles. The van der Waals surface area contributed by atoms with Crippen LogP contribution in [-0.4, -0.2) is 77.6 Å². The van der Waals surface area contributed by atoms with Crippen LogP contribution in [0.25, 0.3) is 0 Å². The average Bonchev–Trinajstić information content (AvgIpc) is 3.25. The molecule has 1 aromatic heterocycles. The number of benzene rings is 1. The molecule has 1 fully saturated rings. The first-order valence-electron chi connectivity index (χ1n) is 10.2. The number of anilines is 1. The lowest BCUT2D eigenvalue weighted by Crippen LogP contribution is -2.70. The molecule has 7 N–H and O–H groups in total. The summed E-state index contributed by atoms with van der Waals surface area (Å²) in [5, 5.41) is 16.1. The Morgan fingerprint density at radius 3 is 2.58 bits per heavy atom. The summed E-state index contributed by atoms with van der Waals surface area (Å²) in [7, 11) is -4.45. The molecule has 17 heteroatoms. The topological polar surface area (TPSA) is 233 Å². The fraction of sp³-hybridized carbons (Fsp3) is 0.316. The van der Waals surface area contributed by atoms with Crippen LogP contribution in [0.15, 0.2) is 34.8 Å². The van der Waals surface area contributed by atoms with Crippen LogP contribution in [0.4, 0.5) is 5.13 Å². The molecule has 1 aliphatic rings. The van der Waals surface area contributed by atoms with Crippen molar-refractivity contribution < 1.29 is 37.0 Å². The summed E-state index contributed by atoms with van der Waals surface area (Å²) in [5.74, 6) is -2.17. The van der Waals surface area contributed by atoms with Gasteiger partial charge in [-0.05, 0) is 31.2 Å². The predicted octanol–water partition coefficient (Wildman–Crippen LogP) is -0.699. The molecule has 2 atom stereocenters. The fourth-order valence-corrected chi connectivity index (χ4v) is 3.73. The van der Waals surface area contributed by atoms with Gasteiger partial charge in [0.15, 0.2) is 17.5 Å². The van der Waals surface area contributed by atoms with Crippen LogP contribution < -0.4 is 21.5 Å². The Kier molecular flexibility index (Phi) is 8.41. The van der Waals surface area contributed by atoms with E-state index in [2.05, 4.69) is 15.5 Å². The van der Waals surface area contributed by atoms with E-state index in [1.807, 2.05) is 0 Å². The number of nitrogens with zero attached hydrogens (tertiary/aromatic N) is 3. The molecular formula is C19H23N7O8S2. The highest BCUT2D eigenvalue weighted by molar-refractivity contribution is 7.85. The number of hydrogen-bond donors (Lipinski definition) is 5. The molecule has 1 aromatic carbocycles. The third-order valence-electron chi connectivity index (χ3n) is 4.71. The van der Waals surface area contributed by atoms with Gasteiger partial charge in [0.25, 0.3) is 21.9 Å². The van der Waals surface area contributed by atoms with E-state index in [1.54, 1.807) is 24.3 Å². The second kappa shape index (κ2) is 11.3. The van der Waals surface area contributed by atoms with E-state index < -0.39 is 40.0 Å². The third-order valence-corrected chi connectivity index (χ3v) is 5.78. The number of ether oxygens (including phenoxy) is 1. The van der Waals surface area contributed by atoms with Crippen LogP contribution in [-0.2, 0) is 29.4 Å². The van der Waals surface area contributed by atoms with Gasteiger partial charge in [0.1, 0.15) is 29.9 Å². The number of carbonyl (C=O) groups is 2. The summed E-state index contributed by atoms with van der Waals surface area (Å²) in [4.78, 5) is 39.1. The van der Waals surface area contributed by atoms with E-state index >= 15 is 0 Å². The Morgan fingerprint density at radius 1 is 1.33 bits per heavy atom. The molecule has 2 heterocycles. The number of rotatable bonds is 12. The number of nitrogen functional groups attached to an aromatic ring is 2. The Hall–Kier alpha value is -3.80. The molecule has 0 aliphatic carbocycles. The van der Waals surface area contributed by atoms with Gasteiger partial charge in [0.2, 0.25) is 5.94 Å². The Balaban J connectivity index is 1.58. The lowest BCUT2D eigenvalue weighted by Gasteiger charge is -2.43. The van der Waals surface area contributed by atoms with Crippen molar-refractivity contribution in [2.45, 2.75) is 19.0 Å². The van der Waals surface area contributed by atoms with Gasteiger partial charge < -0.3 is 26.4 Å². The molecule has 2 amide bonds. The van der Waals surface area contributed by atoms with E-state index in [1.165, 1.54) is 12.3 Å². The minimum atomic E-state index is -4.45. The Morgan fingerprint density at radius 2 is 2.03 bits per heavy atom. The number of thiazole rings is 1. The number of amidine groups is 1. The number of aromatic nitrogens is 1. The maximum atomic E-state index is 12.8. The van der Waals surface area contributed by atoms with Gasteiger partial charge >= 0.3 is 0 Å². The molecular weight excluding hydrogens is 518 g/mol. The maximum Gasteiger partial charge on any atom is 0.292 e. The molecule has 36 heavy (non-hydrogen) atoms. The van der Waals surface area contributed by atoms with Gasteiger partial charge in [-0.25, -0.2) is 10.0 Å². The molecule has 1 saturated heterocycles. The van der Waals surface area contributed by atoms with Crippen LogP contribution in [0.2, 0.25) is 0 Å². The lowest BCUT2D eigenvalue weighted by atomic mass is 10.00. The zero-order valence-corrected chi connectivity index (χ0v) is 20.4. The number of nitrogens with two attached hydrogens (primary N) is 2. The van der Waals surface area contributed by atoms with E-state index in [0.29, 0.717) is 11.3 Å². The summed E-state index contributed by atoms with van der Waals surface area (Å²) >= 11 is 1.07. The zero-order chi connectivity index (χ0) is 26.5. The van der Waals surface area contributed by atoms with Gasteiger partial charge in [-0.2, -0.15) is 8.42 Å². The van der Waals surface area contributed by atoms with E-state index in [9.17, 15) is 18.0 Å². The molecule has 194 valence electrons. The molecule has 0 radical (unpaired) electrons. The lowest BCUT2D eigenvalue weighted by molar-refractivity contribution is -0.224. The molecule has 15 nitrogen and oxygen atoms in total. The van der Waals surface area contributed by atoms with E-state index in [-0.39, 0.29) is 35.6 Å². The van der Waals surface area contributed by atoms with Crippen molar-refractivity contribution in [3.05, 3.63) is 40.9 Å². The van der Waals surface area contributed by atoms with Crippen molar-refractivity contribution in [2.75, 3.05) is 24.9 Å². The first-order valence-corrected chi connectivity index (χ1v) is 12.7. The minimum absolute atomic E-state index is 0.0408. The van der Waals surface area contributed by atoms with Crippen LogP contribution in [0, 0.1) is 5.41 Å². The summed E-state index contributed by atoms with van der Waals surface area (Å²) in [6.45, 7) is 1.54. The van der Waals surface area contributed by atoms with Gasteiger partial charge in [0, 0.05) is 10.9 Å². The number of carbonyl (C=O) groups excluding carboxylic acids is 2. The number of hydroxylamine groups is 2. The normalized spacial score (nSPS) is 17.9. The first kappa shape index (κ1) is 26.8. The molecule has 2 aromatic rings. The number of oxime groups is 1. The smallest absolute Gasteiger partial charge is 0.292 e. The molecule has 3 rings (SSSR count). The SMILES string of the molecule is C[C@H]1[C@H](NC(=O)C(=NOCCOc2ccc(C(=N)N)cc2)c2csc(N)n2)C(=O)N1OCS(=O)(=O)O. The summed E-state index contributed by atoms with van der Waals surface area (Å²) in [5.41, 5.74) is 11.5. The molecule has 0 spiro atoms. The van der Waals surface area contributed by atoms with Crippen LogP contribution >= 0.6 is 11.3 Å². The van der Waals surface area contributed by atoms with Crippen LogP contribution in [0.5, 0.6) is 5.75 Å². The van der Waals surface area contributed by atoms with E-state index in [0.717, 1.165) is 16.4 Å². The molecule has 0 bridgehead atoms. The zero-order valence-electron chi connectivity index (χ0n) is 18.8. The summed E-state index contributed by atoms with van der Waals surface area (Å²) < 4.78 is 35.9. The fourth-order valence-electron chi connectivity index (χ4n) is 2.93. The van der Waals surface area contributed by atoms with Crippen molar-refractivity contribution in [2.24, 2.45) is 10.9 Å². The quantitative estimate of drug-likeness (QED) is 0.0563. The Labute approximate surface area is 209 Å². The standard InChI is InChI=1S/C19H23N7O8S2/c1-10-14(18(28)26(10)34-9-36(29,30)31)24-17(27)15(13-8-35-19(22)23-13)25-33-7-6-32-12-4-2-11(3-5-12)16(20)21/h2-5,8,10,14H,6-7,9H2,1H3,(H3,20,21)(H2,22,23)(H,24,27)(H,29,30,31)/t10-,14-/m0/s1. The largest absolute Gasteiger partial charge is 0.490 e. The monoisotopic (exact) mass is 541 g/mol. The number of hydrogen-bond acceptors (Lipinski definition) is 12. The number of nitrogens with one attached hydrogen (secondary N) is 2. The van der Waals surface area contributed by atoms with Gasteiger partial charge in [0.05, 0.1) is 6.04 Å². The summed E-state index contributed by atoms with van der Waals surface area (Å²) in [6.07, 6.45) is 0. The summed E-state index contributed by atoms with van der Waals surface area (Å²) in [6, 6.07) is 4.76. The minimum Gasteiger partial charge on any atom is -0.490 e. The van der Waals surface area contributed by atoms with Crippen LogP contribution in [0.3, 0.4) is 0 Å². The predicted molar refractivity (Wildman–Crippen MR) is 128 cm³/mol. The van der Waals surface area contributed by atoms with Gasteiger partial charge in [-0.1, -0.05) is 5.16 Å². The third kappa shape index (κ3) is 6.87. The highest BCUT2D eigenvalue weighted by atomic mass is 32.2. The highest BCUT2D eigenvalue weighted by Crippen LogP contribution is 2.21. The number of amides is 2. The number of β-lactam (4-membered cyclic amide) rings is 1. The van der Waals surface area contributed by atoms with Crippen molar-refractivity contribution in [3.63, 3.8) is 0 Å². The second-order valence-corrected chi connectivity index (χ2v) is 9.60. The highest BCUT2D eigenvalue weighted by Gasteiger charge is 2.47. The molecule has 0 unspecified atom stereocenters.